The normalized spacial score (nSPS) is 17.4. The Morgan fingerprint density at radius 1 is 1.17 bits per heavy atom. The molecule has 36 heavy (non-hydrogen) atoms. The minimum Gasteiger partial charge on any atom is -0.497 e. The van der Waals surface area contributed by atoms with Crippen LogP contribution in [0.5, 0.6) is 11.5 Å². The van der Waals surface area contributed by atoms with Crippen molar-refractivity contribution in [3.63, 3.8) is 0 Å². The molecule has 0 spiro atoms. The van der Waals surface area contributed by atoms with Gasteiger partial charge in [-0.25, -0.2) is 9.97 Å². The molecule has 3 heterocycles. The smallest absolute Gasteiger partial charge is 0.255 e. The number of hydrogen-bond acceptors (Lipinski definition) is 6. The number of nitrogens with one attached hydrogen (secondary N) is 2. The number of fused-ring (bicyclic) bond motifs is 1. The van der Waals surface area contributed by atoms with E-state index >= 15 is 0 Å². The Kier molecular flexibility index (Phi) is 6.64. The number of carbonyl (C=O) groups excluding carboxylic acids is 1. The fraction of sp³-hybridized carbons (Fsp3) is 0.536. The molecular formula is C28H37N5O3. The van der Waals surface area contributed by atoms with Crippen LogP contribution in [0.1, 0.15) is 62.5 Å². The number of rotatable bonds is 7. The number of aromatic amines is 1. The molecule has 3 aromatic rings. The number of benzene rings is 1. The third kappa shape index (κ3) is 5.05. The summed E-state index contributed by atoms with van der Waals surface area (Å²) in [5.41, 5.74) is 4.46. The summed E-state index contributed by atoms with van der Waals surface area (Å²) in [4.78, 5) is 28.4. The lowest BCUT2D eigenvalue weighted by atomic mass is 9.98. The molecule has 5 rings (SSSR count). The van der Waals surface area contributed by atoms with Gasteiger partial charge in [0.1, 0.15) is 29.0 Å². The van der Waals surface area contributed by atoms with Crippen molar-refractivity contribution in [2.24, 2.45) is 5.92 Å². The zero-order valence-electron chi connectivity index (χ0n) is 22.0. The van der Waals surface area contributed by atoms with Crippen LogP contribution in [0.3, 0.4) is 0 Å². The van der Waals surface area contributed by atoms with Gasteiger partial charge in [-0.15, -0.1) is 0 Å². The van der Waals surface area contributed by atoms with E-state index < -0.39 is 0 Å². The number of aromatic nitrogens is 3. The van der Waals surface area contributed by atoms with E-state index in [1.807, 2.05) is 25.1 Å². The van der Waals surface area contributed by atoms with E-state index in [1.54, 1.807) is 7.11 Å². The average Bonchev–Trinajstić information content (AvgIpc) is 3.62. The molecule has 2 aromatic heterocycles. The van der Waals surface area contributed by atoms with Crippen LogP contribution < -0.4 is 14.8 Å². The first kappa shape index (κ1) is 24.6. The van der Waals surface area contributed by atoms with E-state index in [9.17, 15) is 4.79 Å². The van der Waals surface area contributed by atoms with Crippen molar-refractivity contribution in [2.45, 2.75) is 65.0 Å². The van der Waals surface area contributed by atoms with E-state index in [0.29, 0.717) is 29.3 Å². The molecule has 1 saturated carbocycles. The third-order valence-corrected chi connectivity index (χ3v) is 7.39. The lowest BCUT2D eigenvalue weighted by Gasteiger charge is -2.41. The van der Waals surface area contributed by atoms with E-state index in [2.05, 4.69) is 45.9 Å². The third-order valence-electron chi connectivity index (χ3n) is 7.39. The lowest BCUT2D eigenvalue weighted by Crippen LogP contribution is -2.50. The predicted molar refractivity (Wildman–Crippen MR) is 141 cm³/mol. The van der Waals surface area contributed by atoms with E-state index in [4.69, 9.17) is 9.47 Å². The highest BCUT2D eigenvalue weighted by Crippen LogP contribution is 2.38. The van der Waals surface area contributed by atoms with Gasteiger partial charge in [0.15, 0.2) is 0 Å². The van der Waals surface area contributed by atoms with Crippen LogP contribution >= 0.6 is 0 Å². The summed E-state index contributed by atoms with van der Waals surface area (Å²) in [7, 11) is 1.65. The number of methoxy groups -OCH3 is 1. The molecule has 192 valence electrons. The number of carbonyl (C=O) groups is 1. The van der Waals surface area contributed by atoms with Crippen molar-refractivity contribution in [1.29, 1.82) is 0 Å². The van der Waals surface area contributed by atoms with E-state index in [1.165, 1.54) is 19.2 Å². The van der Waals surface area contributed by atoms with Crippen LogP contribution in [0.4, 0.5) is 0 Å². The van der Waals surface area contributed by atoms with Crippen molar-refractivity contribution in [1.82, 2.24) is 25.2 Å². The molecule has 1 aliphatic carbocycles. The monoisotopic (exact) mass is 491 g/mol. The quantitative estimate of drug-likeness (QED) is 0.497. The Balaban J connectivity index is 1.42. The fourth-order valence-electron chi connectivity index (χ4n) is 4.99. The van der Waals surface area contributed by atoms with Crippen LogP contribution in [0.15, 0.2) is 24.5 Å². The summed E-state index contributed by atoms with van der Waals surface area (Å²) in [5.74, 6) is 1.99. The average molecular weight is 492 g/mol. The predicted octanol–water partition coefficient (Wildman–Crippen LogP) is 4.72. The van der Waals surface area contributed by atoms with Gasteiger partial charge in [-0.2, -0.15) is 0 Å². The molecule has 1 aliphatic heterocycles. The second-order valence-corrected chi connectivity index (χ2v) is 11.1. The molecule has 0 bridgehead atoms. The number of H-pyrrole nitrogens is 1. The zero-order valence-corrected chi connectivity index (χ0v) is 22.0. The highest BCUT2D eigenvalue weighted by Gasteiger charge is 2.29. The van der Waals surface area contributed by atoms with Crippen molar-refractivity contribution in [3.8, 4) is 22.8 Å². The summed E-state index contributed by atoms with van der Waals surface area (Å²) in [5, 5.41) is 3.26. The maximum absolute atomic E-state index is 13.4. The van der Waals surface area contributed by atoms with Gasteiger partial charge in [-0.1, -0.05) is 0 Å². The molecule has 8 nitrogen and oxygen atoms in total. The summed E-state index contributed by atoms with van der Waals surface area (Å²) in [6, 6.07) is 5.92. The molecule has 2 N–H and O–H groups in total. The standard InChI is InChI=1S/C28H37N5O3/c1-17-23(27(34)32-19-10-12-33(13-11-19)28(2,3)4)25-26(31-17)24(29-16-30-25)21-9-8-20(35-5)14-22(21)36-15-18-6-7-18/h8-9,14,16,18-19,31H,6-7,10-13,15H2,1-5H3,(H,32,34). The van der Waals surface area contributed by atoms with Gasteiger partial charge in [-0.05, 0) is 71.4 Å². The van der Waals surface area contributed by atoms with Crippen LogP contribution in [0.2, 0.25) is 0 Å². The van der Waals surface area contributed by atoms with Crippen LogP contribution in [-0.2, 0) is 0 Å². The topological polar surface area (TPSA) is 92.4 Å². The van der Waals surface area contributed by atoms with Gasteiger partial charge < -0.3 is 19.8 Å². The van der Waals surface area contributed by atoms with Crippen LogP contribution in [0, 0.1) is 12.8 Å². The largest absolute Gasteiger partial charge is 0.497 e. The fourth-order valence-corrected chi connectivity index (χ4v) is 4.99. The van der Waals surface area contributed by atoms with Gasteiger partial charge in [0.05, 0.1) is 24.8 Å². The molecular weight excluding hydrogens is 454 g/mol. The summed E-state index contributed by atoms with van der Waals surface area (Å²) >= 11 is 0. The van der Waals surface area contributed by atoms with Gasteiger partial charge in [0.25, 0.3) is 5.91 Å². The Morgan fingerprint density at radius 2 is 1.92 bits per heavy atom. The first-order chi connectivity index (χ1) is 17.2. The molecule has 8 heteroatoms. The maximum Gasteiger partial charge on any atom is 0.255 e. The number of nitrogens with zero attached hydrogens (tertiary/aromatic N) is 3. The molecule has 1 saturated heterocycles. The lowest BCUT2D eigenvalue weighted by molar-refractivity contribution is 0.0813. The highest BCUT2D eigenvalue weighted by molar-refractivity contribution is 6.09. The SMILES string of the molecule is COc1ccc(-c2ncnc3c(C(=O)NC4CCN(C(C)(C)C)CC4)c(C)[nH]c23)c(OCC2CC2)c1. The Hall–Kier alpha value is -3.13. The molecule has 1 aromatic carbocycles. The Labute approximate surface area is 212 Å². The van der Waals surface area contributed by atoms with E-state index in [0.717, 1.165) is 54.2 Å². The first-order valence-corrected chi connectivity index (χ1v) is 12.9. The van der Waals surface area contributed by atoms with Crippen molar-refractivity contribution in [2.75, 3.05) is 26.8 Å². The summed E-state index contributed by atoms with van der Waals surface area (Å²) in [6.45, 7) is 11.3. The number of hydrogen-bond donors (Lipinski definition) is 2. The van der Waals surface area contributed by atoms with Crippen molar-refractivity contribution >= 4 is 16.9 Å². The molecule has 2 aliphatic rings. The number of likely N-dealkylation sites (tertiary alicyclic amines) is 1. The second kappa shape index (κ2) is 9.73. The Bertz CT molecular complexity index is 1250. The molecule has 2 fully saturated rings. The molecule has 0 radical (unpaired) electrons. The Morgan fingerprint density at radius 3 is 2.58 bits per heavy atom. The first-order valence-electron chi connectivity index (χ1n) is 12.9. The number of piperidine rings is 1. The summed E-state index contributed by atoms with van der Waals surface area (Å²) < 4.78 is 11.6. The van der Waals surface area contributed by atoms with Gasteiger partial charge >= 0.3 is 0 Å². The zero-order chi connectivity index (χ0) is 25.4. The minimum absolute atomic E-state index is 0.0856. The molecule has 0 atom stereocenters. The minimum atomic E-state index is -0.0856. The van der Waals surface area contributed by atoms with Crippen molar-refractivity contribution in [3.05, 3.63) is 35.8 Å². The van der Waals surface area contributed by atoms with Gasteiger partial charge in [-0.3, -0.25) is 9.69 Å². The second-order valence-electron chi connectivity index (χ2n) is 11.1. The number of amides is 1. The number of aryl methyl sites for hydroxylation is 1. The number of ether oxygens (including phenoxy) is 2. The van der Waals surface area contributed by atoms with Gasteiger partial charge in [0.2, 0.25) is 0 Å². The van der Waals surface area contributed by atoms with Gasteiger partial charge in [0, 0.05) is 42.0 Å². The highest BCUT2D eigenvalue weighted by atomic mass is 16.5. The summed E-state index contributed by atoms with van der Waals surface area (Å²) in [6.07, 6.45) is 5.83. The van der Waals surface area contributed by atoms with E-state index in [-0.39, 0.29) is 17.5 Å². The molecule has 1 amide bonds. The maximum atomic E-state index is 13.4. The van der Waals surface area contributed by atoms with Crippen LogP contribution in [-0.4, -0.2) is 64.1 Å². The van der Waals surface area contributed by atoms with Crippen molar-refractivity contribution < 1.29 is 14.3 Å². The van der Waals surface area contributed by atoms with Crippen LogP contribution in [0.25, 0.3) is 22.3 Å². The molecule has 0 unspecified atom stereocenters.